The maximum Gasteiger partial charge on any atom is 0.254 e. The summed E-state index contributed by atoms with van der Waals surface area (Å²) in [4.78, 5) is 19.1. The van der Waals surface area contributed by atoms with Crippen LogP contribution in [-0.2, 0) is 6.42 Å². The summed E-state index contributed by atoms with van der Waals surface area (Å²) >= 11 is 1.62. The van der Waals surface area contributed by atoms with Gasteiger partial charge in [-0.1, -0.05) is 39.0 Å². The van der Waals surface area contributed by atoms with Gasteiger partial charge in [0.2, 0.25) is 0 Å². The number of aromatic nitrogens is 2. The van der Waals surface area contributed by atoms with Crippen molar-refractivity contribution in [3.63, 3.8) is 0 Å². The van der Waals surface area contributed by atoms with Gasteiger partial charge >= 0.3 is 0 Å². The quantitative estimate of drug-likeness (QED) is 0.636. The lowest BCUT2D eigenvalue weighted by Crippen LogP contribution is -2.17. The van der Waals surface area contributed by atoms with E-state index < -0.39 is 0 Å². The second kappa shape index (κ2) is 6.09. The lowest BCUT2D eigenvalue weighted by Gasteiger charge is -2.07. The van der Waals surface area contributed by atoms with Crippen LogP contribution < -0.4 is 5.56 Å². The average molecular weight is 240 g/mol. The summed E-state index contributed by atoms with van der Waals surface area (Å²) in [7, 11) is 0. The first-order chi connectivity index (χ1) is 7.54. The second-order valence-electron chi connectivity index (χ2n) is 4.39. The van der Waals surface area contributed by atoms with E-state index in [9.17, 15) is 4.79 Å². The molecule has 0 saturated carbocycles. The van der Waals surface area contributed by atoms with Crippen LogP contribution in [0.4, 0.5) is 0 Å². The molecule has 0 unspecified atom stereocenters. The van der Waals surface area contributed by atoms with Gasteiger partial charge in [-0.2, -0.15) is 0 Å². The predicted molar refractivity (Wildman–Crippen MR) is 69.2 cm³/mol. The summed E-state index contributed by atoms with van der Waals surface area (Å²) in [5.74, 6) is 1.58. The smallest absolute Gasteiger partial charge is 0.254 e. The average Bonchev–Trinajstić information content (AvgIpc) is 2.20. The van der Waals surface area contributed by atoms with E-state index in [2.05, 4.69) is 30.7 Å². The van der Waals surface area contributed by atoms with Crippen molar-refractivity contribution in [1.82, 2.24) is 9.97 Å². The van der Waals surface area contributed by atoms with Crippen molar-refractivity contribution in [2.45, 2.75) is 45.7 Å². The molecule has 1 aromatic rings. The molecule has 16 heavy (non-hydrogen) atoms. The lowest BCUT2D eigenvalue weighted by molar-refractivity contribution is 0.745. The largest absolute Gasteiger partial charge is 0.301 e. The monoisotopic (exact) mass is 240 g/mol. The Labute approximate surface area is 101 Å². The van der Waals surface area contributed by atoms with Crippen molar-refractivity contribution in [3.05, 3.63) is 21.6 Å². The van der Waals surface area contributed by atoms with Gasteiger partial charge in [0.15, 0.2) is 5.16 Å². The van der Waals surface area contributed by atoms with Crippen molar-refractivity contribution >= 4 is 11.8 Å². The van der Waals surface area contributed by atoms with Crippen molar-refractivity contribution in [3.8, 4) is 0 Å². The Morgan fingerprint density at radius 3 is 2.62 bits per heavy atom. The molecule has 0 radical (unpaired) electrons. The maximum atomic E-state index is 11.8. The molecular weight excluding hydrogens is 220 g/mol. The van der Waals surface area contributed by atoms with E-state index in [0.29, 0.717) is 5.92 Å². The van der Waals surface area contributed by atoms with Gasteiger partial charge in [-0.15, -0.1) is 0 Å². The molecule has 1 heterocycles. The van der Waals surface area contributed by atoms with Crippen LogP contribution in [0.3, 0.4) is 0 Å². The van der Waals surface area contributed by atoms with Gasteiger partial charge in [0.1, 0.15) is 0 Å². The van der Waals surface area contributed by atoms with E-state index in [1.54, 1.807) is 11.8 Å². The van der Waals surface area contributed by atoms with Gasteiger partial charge < -0.3 is 4.98 Å². The number of aryl methyl sites for hydroxylation is 1. The van der Waals surface area contributed by atoms with E-state index in [1.807, 2.05) is 6.92 Å². The van der Waals surface area contributed by atoms with Crippen LogP contribution in [0.5, 0.6) is 0 Å². The first-order valence-electron chi connectivity index (χ1n) is 5.77. The van der Waals surface area contributed by atoms with Crippen LogP contribution in [0.1, 0.15) is 38.4 Å². The number of H-pyrrole nitrogens is 1. The van der Waals surface area contributed by atoms with Crippen molar-refractivity contribution in [1.29, 1.82) is 0 Å². The zero-order valence-corrected chi connectivity index (χ0v) is 11.3. The minimum Gasteiger partial charge on any atom is -0.301 e. The summed E-state index contributed by atoms with van der Waals surface area (Å²) in [6.45, 7) is 8.30. The highest BCUT2D eigenvalue weighted by Gasteiger charge is 2.07. The fraction of sp³-hybridized carbons (Fsp3) is 0.667. The third-order valence-corrected chi connectivity index (χ3v) is 3.55. The summed E-state index contributed by atoms with van der Waals surface area (Å²) in [6, 6.07) is 0. The molecular formula is C12H20N2OS. The molecule has 0 aromatic carbocycles. The molecule has 0 aliphatic rings. The molecule has 0 saturated heterocycles. The standard InChI is InChI=1S/C12H20N2OS/c1-5-6-10-9(4)13-12(14-11(10)15)16-7-8(2)3/h8H,5-7H2,1-4H3,(H,13,14,15). The van der Waals surface area contributed by atoms with Crippen LogP contribution in [0, 0.1) is 12.8 Å². The molecule has 90 valence electrons. The van der Waals surface area contributed by atoms with E-state index in [1.165, 1.54) is 0 Å². The number of nitrogens with one attached hydrogen (secondary N) is 1. The third-order valence-electron chi connectivity index (χ3n) is 2.25. The Bertz CT molecular complexity index is 398. The van der Waals surface area contributed by atoms with Crippen LogP contribution in [-0.4, -0.2) is 15.7 Å². The zero-order valence-electron chi connectivity index (χ0n) is 10.5. The number of hydrogen-bond donors (Lipinski definition) is 1. The first kappa shape index (κ1) is 13.3. The molecule has 0 aliphatic carbocycles. The van der Waals surface area contributed by atoms with Crippen LogP contribution in [0.25, 0.3) is 0 Å². The highest BCUT2D eigenvalue weighted by atomic mass is 32.2. The van der Waals surface area contributed by atoms with Gasteiger partial charge in [0.25, 0.3) is 5.56 Å². The van der Waals surface area contributed by atoms with E-state index in [4.69, 9.17) is 0 Å². The van der Waals surface area contributed by atoms with E-state index in [-0.39, 0.29) is 5.56 Å². The Hall–Kier alpha value is -0.770. The van der Waals surface area contributed by atoms with Crippen molar-refractivity contribution < 1.29 is 0 Å². The number of rotatable bonds is 5. The topological polar surface area (TPSA) is 45.8 Å². The summed E-state index contributed by atoms with van der Waals surface area (Å²) in [6.07, 6.45) is 1.79. The molecule has 4 heteroatoms. The highest BCUT2D eigenvalue weighted by molar-refractivity contribution is 7.99. The number of aromatic amines is 1. The van der Waals surface area contributed by atoms with Crippen LogP contribution >= 0.6 is 11.8 Å². The molecule has 1 aromatic heterocycles. The van der Waals surface area contributed by atoms with Gasteiger partial charge in [0.05, 0.1) is 0 Å². The molecule has 0 atom stereocenters. The Morgan fingerprint density at radius 1 is 1.44 bits per heavy atom. The minimum absolute atomic E-state index is 0.0283. The third kappa shape index (κ3) is 3.67. The normalized spacial score (nSPS) is 11.1. The number of hydrogen-bond acceptors (Lipinski definition) is 3. The van der Waals surface area contributed by atoms with E-state index >= 15 is 0 Å². The fourth-order valence-corrected chi connectivity index (χ4v) is 2.30. The zero-order chi connectivity index (χ0) is 12.1. The van der Waals surface area contributed by atoms with Gasteiger partial charge in [-0.05, 0) is 19.3 Å². The summed E-state index contributed by atoms with van der Waals surface area (Å²) < 4.78 is 0. The van der Waals surface area contributed by atoms with Gasteiger partial charge in [-0.3, -0.25) is 4.79 Å². The lowest BCUT2D eigenvalue weighted by atomic mass is 10.1. The Kier molecular flexibility index (Phi) is 5.06. The van der Waals surface area contributed by atoms with Gasteiger partial charge in [-0.25, -0.2) is 4.98 Å². The molecule has 0 amide bonds. The second-order valence-corrected chi connectivity index (χ2v) is 5.40. The SMILES string of the molecule is CCCc1c(C)nc(SCC(C)C)[nH]c1=O. The fourth-order valence-electron chi connectivity index (χ4n) is 1.44. The van der Waals surface area contributed by atoms with Crippen molar-refractivity contribution in [2.24, 2.45) is 5.92 Å². The molecule has 3 nitrogen and oxygen atoms in total. The molecule has 1 N–H and O–H groups in total. The Morgan fingerprint density at radius 2 is 2.12 bits per heavy atom. The Balaban J connectivity index is 2.87. The van der Waals surface area contributed by atoms with Crippen LogP contribution in [0.2, 0.25) is 0 Å². The van der Waals surface area contributed by atoms with Crippen LogP contribution in [0.15, 0.2) is 9.95 Å². The van der Waals surface area contributed by atoms with E-state index in [0.717, 1.165) is 35.0 Å². The molecule has 0 fully saturated rings. The minimum atomic E-state index is 0.0283. The predicted octanol–water partition coefficient (Wildman–Crippen LogP) is 2.78. The number of nitrogens with zero attached hydrogens (tertiary/aromatic N) is 1. The molecule has 0 bridgehead atoms. The number of thioether (sulfide) groups is 1. The molecule has 0 spiro atoms. The maximum absolute atomic E-state index is 11.8. The molecule has 0 aliphatic heterocycles. The highest BCUT2D eigenvalue weighted by Crippen LogP contribution is 2.16. The first-order valence-corrected chi connectivity index (χ1v) is 6.75. The van der Waals surface area contributed by atoms with Gasteiger partial charge in [0, 0.05) is 17.0 Å². The van der Waals surface area contributed by atoms with Crippen molar-refractivity contribution in [2.75, 3.05) is 5.75 Å². The summed E-state index contributed by atoms with van der Waals surface area (Å²) in [5, 5.41) is 0.746. The summed E-state index contributed by atoms with van der Waals surface area (Å²) in [5.41, 5.74) is 1.73. The molecule has 1 rings (SSSR count).